The number of nitrogens with zero attached hydrogens (tertiary/aromatic N) is 3. The van der Waals surface area contributed by atoms with E-state index in [0.717, 1.165) is 67.0 Å². The number of methoxy groups -OCH3 is 1. The summed E-state index contributed by atoms with van der Waals surface area (Å²) in [4.78, 5) is 15.8. The van der Waals surface area contributed by atoms with Crippen molar-refractivity contribution in [1.82, 2.24) is 20.0 Å². The molecule has 2 heterocycles. The van der Waals surface area contributed by atoms with Crippen LogP contribution in [0.5, 0.6) is 5.75 Å². The van der Waals surface area contributed by atoms with Crippen LogP contribution in [0.2, 0.25) is 0 Å². The normalized spacial score (nSPS) is 17.0. The highest BCUT2D eigenvalue weighted by atomic mass is 19.1. The molecular formula is C27H31FN4O3. The first kappa shape index (κ1) is 23.5. The molecule has 3 aromatic rings. The van der Waals surface area contributed by atoms with Gasteiger partial charge in [0.15, 0.2) is 5.69 Å². The molecule has 2 aromatic carbocycles. The van der Waals surface area contributed by atoms with Crippen molar-refractivity contribution < 1.29 is 18.7 Å². The zero-order valence-corrected chi connectivity index (χ0v) is 20.0. The van der Waals surface area contributed by atoms with Crippen molar-refractivity contribution in [1.29, 1.82) is 0 Å². The molecule has 1 aromatic heterocycles. The topological polar surface area (TPSA) is 68.6 Å². The molecule has 0 saturated carbocycles. The molecule has 1 N–H and O–H groups in total. The lowest BCUT2D eigenvalue weighted by Gasteiger charge is -2.35. The van der Waals surface area contributed by atoms with Crippen molar-refractivity contribution in [3.05, 3.63) is 76.9 Å². The predicted octanol–water partition coefficient (Wildman–Crippen LogP) is 3.70. The van der Waals surface area contributed by atoms with Crippen molar-refractivity contribution in [2.75, 3.05) is 40.0 Å². The number of carbonyl (C=O) groups is 1. The highest BCUT2D eigenvalue weighted by molar-refractivity contribution is 5.94. The summed E-state index contributed by atoms with van der Waals surface area (Å²) < 4.78 is 26.1. The minimum absolute atomic E-state index is 0.0174. The van der Waals surface area contributed by atoms with Crippen LogP contribution in [0.1, 0.15) is 46.2 Å². The number of ether oxygens (including phenoxy) is 2. The van der Waals surface area contributed by atoms with Gasteiger partial charge >= 0.3 is 0 Å². The van der Waals surface area contributed by atoms with E-state index in [1.165, 1.54) is 12.1 Å². The zero-order valence-electron chi connectivity index (χ0n) is 20.0. The Morgan fingerprint density at radius 2 is 1.80 bits per heavy atom. The quantitative estimate of drug-likeness (QED) is 0.561. The van der Waals surface area contributed by atoms with E-state index in [1.54, 1.807) is 19.2 Å². The molecular weight excluding hydrogens is 447 g/mol. The highest BCUT2D eigenvalue weighted by Crippen LogP contribution is 2.28. The van der Waals surface area contributed by atoms with Crippen LogP contribution in [0, 0.1) is 5.82 Å². The summed E-state index contributed by atoms with van der Waals surface area (Å²) in [6, 6.07) is 14.3. The van der Waals surface area contributed by atoms with Gasteiger partial charge in [-0.2, -0.15) is 5.10 Å². The molecule has 1 saturated heterocycles. The first-order valence-corrected chi connectivity index (χ1v) is 12.2. The number of morpholine rings is 1. The molecule has 1 aliphatic carbocycles. The number of benzene rings is 2. The molecule has 1 amide bonds. The second-order valence-corrected chi connectivity index (χ2v) is 9.02. The van der Waals surface area contributed by atoms with Crippen LogP contribution < -0.4 is 10.1 Å². The number of carbonyl (C=O) groups excluding carboxylic acids is 1. The van der Waals surface area contributed by atoms with Gasteiger partial charge in [-0.1, -0.05) is 12.1 Å². The number of hydrogen-bond donors (Lipinski definition) is 1. The fraction of sp³-hybridized carbons (Fsp3) is 0.407. The van der Waals surface area contributed by atoms with E-state index < -0.39 is 0 Å². The maximum Gasteiger partial charge on any atom is 0.272 e. The van der Waals surface area contributed by atoms with E-state index >= 15 is 0 Å². The minimum atomic E-state index is -0.291. The lowest BCUT2D eigenvalue weighted by atomic mass is 9.95. The molecule has 5 rings (SSSR count). The first-order chi connectivity index (χ1) is 17.1. The van der Waals surface area contributed by atoms with Crippen LogP contribution >= 0.6 is 0 Å². The summed E-state index contributed by atoms with van der Waals surface area (Å²) >= 11 is 0. The van der Waals surface area contributed by atoms with Gasteiger partial charge in [-0.3, -0.25) is 9.69 Å². The average Bonchev–Trinajstić information content (AvgIpc) is 3.30. The van der Waals surface area contributed by atoms with Gasteiger partial charge in [0.1, 0.15) is 11.6 Å². The first-order valence-electron chi connectivity index (χ1n) is 12.2. The van der Waals surface area contributed by atoms with Gasteiger partial charge in [0, 0.05) is 30.9 Å². The Hall–Kier alpha value is -3.23. The Morgan fingerprint density at radius 1 is 1.09 bits per heavy atom. The molecule has 1 aliphatic heterocycles. The summed E-state index contributed by atoms with van der Waals surface area (Å²) in [5.74, 6) is 0.340. The SMILES string of the molecule is COc1ccc([C@@H](CNC(=O)c2nn(-c3ccc(F)cc3)c3c2CCCC3)N2CCOCC2)cc1. The number of fused-ring (bicyclic) bond motifs is 1. The van der Waals surface area contributed by atoms with Crippen LogP contribution in [-0.2, 0) is 17.6 Å². The second-order valence-electron chi connectivity index (χ2n) is 9.02. The largest absolute Gasteiger partial charge is 0.497 e. The van der Waals surface area contributed by atoms with E-state index in [-0.39, 0.29) is 17.8 Å². The molecule has 0 spiro atoms. The Kier molecular flexibility index (Phi) is 7.11. The van der Waals surface area contributed by atoms with Gasteiger partial charge in [-0.15, -0.1) is 0 Å². The van der Waals surface area contributed by atoms with Crippen molar-refractivity contribution in [3.63, 3.8) is 0 Å². The van der Waals surface area contributed by atoms with Crippen LogP contribution in [0.4, 0.5) is 4.39 Å². The number of amides is 1. The molecule has 2 aliphatic rings. The molecule has 1 atom stereocenters. The summed E-state index contributed by atoms with van der Waals surface area (Å²) in [5, 5.41) is 7.87. The maximum absolute atomic E-state index is 13.5. The lowest BCUT2D eigenvalue weighted by molar-refractivity contribution is 0.0162. The Balaban J connectivity index is 1.39. The van der Waals surface area contributed by atoms with E-state index in [0.29, 0.717) is 25.5 Å². The smallest absolute Gasteiger partial charge is 0.272 e. The summed E-state index contributed by atoms with van der Waals surface area (Å²) in [5.41, 5.74) is 4.41. The summed E-state index contributed by atoms with van der Waals surface area (Å²) in [7, 11) is 1.65. The second kappa shape index (κ2) is 10.6. The monoisotopic (exact) mass is 478 g/mol. The van der Waals surface area contributed by atoms with Crippen molar-refractivity contribution in [2.24, 2.45) is 0 Å². The Bertz CT molecular complexity index is 1150. The maximum atomic E-state index is 13.5. The number of nitrogens with one attached hydrogen (secondary N) is 1. The molecule has 35 heavy (non-hydrogen) atoms. The number of hydrogen-bond acceptors (Lipinski definition) is 5. The average molecular weight is 479 g/mol. The van der Waals surface area contributed by atoms with Gasteiger partial charge < -0.3 is 14.8 Å². The van der Waals surface area contributed by atoms with Crippen LogP contribution in [0.15, 0.2) is 48.5 Å². The van der Waals surface area contributed by atoms with E-state index in [9.17, 15) is 9.18 Å². The predicted molar refractivity (Wildman–Crippen MR) is 131 cm³/mol. The van der Waals surface area contributed by atoms with E-state index in [4.69, 9.17) is 14.6 Å². The number of rotatable bonds is 7. The highest BCUT2D eigenvalue weighted by Gasteiger charge is 2.28. The Labute approximate surface area is 204 Å². The van der Waals surface area contributed by atoms with Crippen molar-refractivity contribution >= 4 is 5.91 Å². The third-order valence-corrected chi connectivity index (χ3v) is 6.91. The van der Waals surface area contributed by atoms with Crippen LogP contribution in [-0.4, -0.2) is 60.5 Å². The van der Waals surface area contributed by atoms with Gasteiger partial charge in [0.25, 0.3) is 5.91 Å². The minimum Gasteiger partial charge on any atom is -0.497 e. The van der Waals surface area contributed by atoms with E-state index in [2.05, 4.69) is 22.3 Å². The van der Waals surface area contributed by atoms with Gasteiger partial charge in [-0.25, -0.2) is 9.07 Å². The van der Waals surface area contributed by atoms with Crippen LogP contribution in [0.3, 0.4) is 0 Å². The number of halogens is 1. The summed E-state index contributed by atoms with van der Waals surface area (Å²) in [6.45, 7) is 3.43. The van der Waals surface area contributed by atoms with Crippen molar-refractivity contribution in [2.45, 2.75) is 31.7 Å². The van der Waals surface area contributed by atoms with Gasteiger partial charge in [-0.05, 0) is 67.6 Å². The zero-order chi connectivity index (χ0) is 24.2. The van der Waals surface area contributed by atoms with Gasteiger partial charge in [0.05, 0.1) is 32.1 Å². The third kappa shape index (κ3) is 5.09. The van der Waals surface area contributed by atoms with Crippen LogP contribution in [0.25, 0.3) is 5.69 Å². The lowest BCUT2D eigenvalue weighted by Crippen LogP contribution is -2.44. The molecule has 0 bridgehead atoms. The summed E-state index contributed by atoms with van der Waals surface area (Å²) in [6.07, 6.45) is 3.77. The molecule has 7 nitrogen and oxygen atoms in total. The molecule has 0 unspecified atom stereocenters. The molecule has 0 radical (unpaired) electrons. The fourth-order valence-electron chi connectivity index (χ4n) is 5.02. The molecule has 1 fully saturated rings. The Morgan fingerprint density at radius 3 is 2.51 bits per heavy atom. The standard InChI is InChI=1S/C27H31FN4O3/c1-34-22-12-6-19(7-13-22)25(31-14-16-35-17-15-31)18-29-27(33)26-23-4-2-3-5-24(23)32(30-26)21-10-8-20(28)9-11-21/h6-13,25H,2-5,14-18H2,1H3,(H,29,33)/t25-/m1/s1. The van der Waals surface area contributed by atoms with E-state index in [1.807, 2.05) is 16.8 Å². The van der Waals surface area contributed by atoms with Crippen molar-refractivity contribution in [3.8, 4) is 11.4 Å². The third-order valence-electron chi connectivity index (χ3n) is 6.91. The van der Waals surface area contributed by atoms with Gasteiger partial charge in [0.2, 0.25) is 0 Å². The molecule has 8 heteroatoms. The number of aromatic nitrogens is 2. The molecule has 184 valence electrons. The fourth-order valence-corrected chi connectivity index (χ4v) is 5.02.